The molecule has 0 aliphatic heterocycles. The fourth-order valence-electron chi connectivity index (χ4n) is 4.14. The standard InChI is InChI=1S/C21H21N5O/c27-21(16-7-3-8-18(13-16)25-14-22-23-24-25)26(17-11-12-17)20-10-4-6-15-5-1-2-9-19(15)20/h1-3,5,7-9,13-14,17,20H,4,6,10-12H2. The Hall–Kier alpha value is -3.02. The Bertz CT molecular complexity index is 964. The molecule has 2 aromatic carbocycles. The van der Waals surface area contributed by atoms with Crippen LogP contribution in [0.3, 0.4) is 0 Å². The lowest BCUT2D eigenvalue weighted by Gasteiger charge is -2.36. The minimum Gasteiger partial charge on any atom is -0.329 e. The molecule has 1 aromatic heterocycles. The molecule has 0 spiro atoms. The van der Waals surface area contributed by atoms with Gasteiger partial charge in [0.15, 0.2) is 0 Å². The normalized spacial score (nSPS) is 18.7. The summed E-state index contributed by atoms with van der Waals surface area (Å²) in [5.74, 6) is 0.106. The number of fused-ring (bicyclic) bond motifs is 1. The van der Waals surface area contributed by atoms with Crippen LogP contribution < -0.4 is 0 Å². The van der Waals surface area contributed by atoms with Gasteiger partial charge in [-0.3, -0.25) is 4.79 Å². The molecule has 1 unspecified atom stereocenters. The number of amides is 1. The van der Waals surface area contributed by atoms with Crippen molar-refractivity contribution in [2.45, 2.75) is 44.2 Å². The van der Waals surface area contributed by atoms with E-state index in [2.05, 4.69) is 44.7 Å². The average Bonchev–Trinajstić information content (AvgIpc) is 3.40. The van der Waals surface area contributed by atoms with Gasteiger partial charge in [0.2, 0.25) is 0 Å². The van der Waals surface area contributed by atoms with E-state index in [1.54, 1.807) is 11.0 Å². The molecular formula is C21H21N5O. The van der Waals surface area contributed by atoms with Gasteiger partial charge in [-0.05, 0) is 71.9 Å². The summed E-state index contributed by atoms with van der Waals surface area (Å²) in [6, 6.07) is 16.7. The van der Waals surface area contributed by atoms with Crippen molar-refractivity contribution in [3.8, 4) is 5.69 Å². The summed E-state index contributed by atoms with van der Waals surface area (Å²) < 4.78 is 1.58. The lowest BCUT2D eigenvalue weighted by molar-refractivity contribution is 0.0638. The zero-order valence-corrected chi connectivity index (χ0v) is 15.0. The highest BCUT2D eigenvalue weighted by Gasteiger charge is 2.39. The third-order valence-electron chi connectivity index (χ3n) is 5.55. The van der Waals surface area contributed by atoms with E-state index in [4.69, 9.17) is 0 Å². The molecule has 6 nitrogen and oxygen atoms in total. The molecule has 0 saturated heterocycles. The van der Waals surface area contributed by atoms with Gasteiger partial charge in [-0.2, -0.15) is 0 Å². The van der Waals surface area contributed by atoms with Crippen molar-refractivity contribution < 1.29 is 4.79 Å². The summed E-state index contributed by atoms with van der Waals surface area (Å²) >= 11 is 0. The largest absolute Gasteiger partial charge is 0.329 e. The molecule has 0 radical (unpaired) electrons. The van der Waals surface area contributed by atoms with Crippen LogP contribution in [0.15, 0.2) is 54.9 Å². The molecular weight excluding hydrogens is 338 g/mol. The molecule has 1 amide bonds. The van der Waals surface area contributed by atoms with E-state index in [9.17, 15) is 4.79 Å². The lowest BCUT2D eigenvalue weighted by atomic mass is 9.86. The Morgan fingerprint density at radius 3 is 2.78 bits per heavy atom. The van der Waals surface area contributed by atoms with Gasteiger partial charge in [0.25, 0.3) is 5.91 Å². The quantitative estimate of drug-likeness (QED) is 0.717. The first-order chi connectivity index (χ1) is 13.3. The van der Waals surface area contributed by atoms with Crippen LogP contribution in [0.25, 0.3) is 5.69 Å². The van der Waals surface area contributed by atoms with Crippen molar-refractivity contribution in [1.29, 1.82) is 0 Å². The molecule has 1 atom stereocenters. The Morgan fingerprint density at radius 2 is 1.96 bits per heavy atom. The maximum atomic E-state index is 13.5. The summed E-state index contributed by atoms with van der Waals surface area (Å²) in [4.78, 5) is 15.7. The van der Waals surface area contributed by atoms with Crippen molar-refractivity contribution >= 4 is 5.91 Å². The van der Waals surface area contributed by atoms with E-state index >= 15 is 0 Å². The molecule has 0 N–H and O–H groups in total. The summed E-state index contributed by atoms with van der Waals surface area (Å²) in [5, 5.41) is 11.3. The minimum absolute atomic E-state index is 0.106. The van der Waals surface area contributed by atoms with E-state index in [0.717, 1.165) is 37.8 Å². The van der Waals surface area contributed by atoms with Gasteiger partial charge in [-0.15, -0.1) is 5.10 Å². The Balaban J connectivity index is 1.50. The molecule has 1 saturated carbocycles. The van der Waals surface area contributed by atoms with Gasteiger partial charge in [0.05, 0.1) is 11.7 Å². The third-order valence-corrected chi connectivity index (χ3v) is 5.55. The SMILES string of the molecule is O=C(c1cccc(-n2cnnn2)c1)N(C1CC1)C1CCCc2ccccc21. The van der Waals surface area contributed by atoms with Crippen molar-refractivity contribution in [3.63, 3.8) is 0 Å². The van der Waals surface area contributed by atoms with E-state index in [0.29, 0.717) is 11.6 Å². The van der Waals surface area contributed by atoms with Crippen LogP contribution in [0, 0.1) is 0 Å². The first kappa shape index (κ1) is 16.2. The number of tetrazole rings is 1. The van der Waals surface area contributed by atoms with Gasteiger partial charge < -0.3 is 4.90 Å². The number of rotatable bonds is 4. The zero-order chi connectivity index (χ0) is 18.2. The van der Waals surface area contributed by atoms with E-state index < -0.39 is 0 Å². The second kappa shape index (κ2) is 6.61. The fourth-order valence-corrected chi connectivity index (χ4v) is 4.14. The predicted molar refractivity (Wildman–Crippen MR) is 100 cm³/mol. The average molecular weight is 359 g/mol. The summed E-state index contributed by atoms with van der Waals surface area (Å²) in [6.45, 7) is 0. The molecule has 5 rings (SSSR count). The number of nitrogens with zero attached hydrogens (tertiary/aromatic N) is 5. The van der Waals surface area contributed by atoms with Gasteiger partial charge in [-0.25, -0.2) is 4.68 Å². The molecule has 2 aliphatic rings. The van der Waals surface area contributed by atoms with Crippen molar-refractivity contribution in [2.24, 2.45) is 0 Å². The number of hydrogen-bond donors (Lipinski definition) is 0. The van der Waals surface area contributed by atoms with Gasteiger partial charge in [-0.1, -0.05) is 30.3 Å². The van der Waals surface area contributed by atoms with Crippen LogP contribution in [0.1, 0.15) is 53.2 Å². The second-order valence-corrected chi connectivity index (χ2v) is 7.36. The smallest absolute Gasteiger partial charge is 0.254 e. The monoisotopic (exact) mass is 359 g/mol. The van der Waals surface area contributed by atoms with Crippen LogP contribution >= 0.6 is 0 Å². The number of carbonyl (C=O) groups is 1. The summed E-state index contributed by atoms with van der Waals surface area (Å²) in [6.07, 6.45) is 7.00. The number of carbonyl (C=O) groups excluding carboxylic acids is 1. The van der Waals surface area contributed by atoms with Crippen LogP contribution in [0.5, 0.6) is 0 Å². The zero-order valence-electron chi connectivity index (χ0n) is 15.0. The summed E-state index contributed by atoms with van der Waals surface area (Å²) in [7, 11) is 0. The van der Waals surface area contributed by atoms with Crippen LogP contribution in [-0.4, -0.2) is 37.1 Å². The third kappa shape index (κ3) is 3.01. The minimum atomic E-state index is 0.106. The Morgan fingerprint density at radius 1 is 1.07 bits per heavy atom. The van der Waals surface area contributed by atoms with Crippen molar-refractivity contribution in [3.05, 3.63) is 71.5 Å². The second-order valence-electron chi connectivity index (χ2n) is 7.36. The predicted octanol–water partition coefficient (Wildman–Crippen LogP) is 3.34. The first-order valence-corrected chi connectivity index (χ1v) is 9.55. The summed E-state index contributed by atoms with van der Waals surface area (Å²) in [5.41, 5.74) is 4.19. The molecule has 1 fully saturated rings. The maximum absolute atomic E-state index is 13.5. The van der Waals surface area contributed by atoms with E-state index in [1.807, 2.05) is 24.3 Å². The van der Waals surface area contributed by atoms with Crippen molar-refractivity contribution in [2.75, 3.05) is 0 Å². The molecule has 27 heavy (non-hydrogen) atoms. The number of aryl methyl sites for hydroxylation is 1. The molecule has 3 aromatic rings. The van der Waals surface area contributed by atoms with E-state index in [-0.39, 0.29) is 11.9 Å². The van der Waals surface area contributed by atoms with Gasteiger partial charge in [0.1, 0.15) is 6.33 Å². The highest BCUT2D eigenvalue weighted by molar-refractivity contribution is 5.95. The van der Waals surface area contributed by atoms with Gasteiger partial charge >= 0.3 is 0 Å². The molecule has 0 bridgehead atoms. The molecule has 2 aliphatic carbocycles. The molecule has 136 valence electrons. The highest BCUT2D eigenvalue weighted by Crippen LogP contribution is 2.41. The number of benzene rings is 2. The van der Waals surface area contributed by atoms with E-state index in [1.165, 1.54) is 11.1 Å². The Labute approximate surface area is 157 Å². The number of hydrogen-bond acceptors (Lipinski definition) is 4. The molecule has 1 heterocycles. The Kier molecular flexibility index (Phi) is 3.96. The first-order valence-electron chi connectivity index (χ1n) is 9.55. The fraction of sp³-hybridized carbons (Fsp3) is 0.333. The van der Waals surface area contributed by atoms with Crippen LogP contribution in [-0.2, 0) is 6.42 Å². The molecule has 6 heteroatoms. The number of aromatic nitrogens is 4. The van der Waals surface area contributed by atoms with Crippen LogP contribution in [0.4, 0.5) is 0 Å². The van der Waals surface area contributed by atoms with Crippen molar-refractivity contribution in [1.82, 2.24) is 25.1 Å². The highest BCUT2D eigenvalue weighted by atomic mass is 16.2. The van der Waals surface area contributed by atoms with Crippen LogP contribution in [0.2, 0.25) is 0 Å². The topological polar surface area (TPSA) is 63.9 Å². The lowest BCUT2D eigenvalue weighted by Crippen LogP contribution is -2.38. The maximum Gasteiger partial charge on any atom is 0.254 e. The van der Waals surface area contributed by atoms with Gasteiger partial charge in [0, 0.05) is 11.6 Å².